The van der Waals surface area contributed by atoms with Crippen LogP contribution in [0.1, 0.15) is 16.7 Å². The second-order valence-corrected chi connectivity index (χ2v) is 3.55. The topological polar surface area (TPSA) is 124 Å². The second-order valence-electron chi connectivity index (χ2n) is 2.54. The van der Waals surface area contributed by atoms with E-state index in [9.17, 15) is 9.59 Å². The van der Waals surface area contributed by atoms with Crippen molar-refractivity contribution in [3.63, 3.8) is 0 Å². The van der Waals surface area contributed by atoms with Gasteiger partial charge >= 0.3 is 0 Å². The zero-order valence-corrected chi connectivity index (χ0v) is 8.17. The van der Waals surface area contributed by atoms with E-state index in [4.69, 9.17) is 11.5 Å². The quantitative estimate of drug-likeness (QED) is 0.579. The van der Waals surface area contributed by atoms with E-state index in [0.29, 0.717) is 0 Å². The van der Waals surface area contributed by atoms with E-state index in [-0.39, 0.29) is 10.1 Å². The summed E-state index contributed by atoms with van der Waals surface area (Å²) in [6, 6.07) is -0.743. The lowest BCUT2D eigenvalue weighted by Gasteiger charge is -2.07. The first-order chi connectivity index (χ1) is 6.50. The van der Waals surface area contributed by atoms with Crippen molar-refractivity contribution in [2.75, 3.05) is 5.73 Å². The van der Waals surface area contributed by atoms with Crippen molar-refractivity contribution in [3.05, 3.63) is 5.01 Å². The highest BCUT2D eigenvalue weighted by molar-refractivity contribution is 7.16. The number of amides is 2. The highest BCUT2D eigenvalue weighted by atomic mass is 32.1. The van der Waals surface area contributed by atoms with Crippen LogP contribution in [0.3, 0.4) is 0 Å². The number of primary amides is 1. The Bertz CT molecular complexity index is 363. The van der Waals surface area contributed by atoms with E-state index in [1.165, 1.54) is 6.92 Å². The Morgan fingerprint density at radius 1 is 1.50 bits per heavy atom. The number of anilines is 1. The van der Waals surface area contributed by atoms with Crippen molar-refractivity contribution in [1.29, 1.82) is 0 Å². The Morgan fingerprint density at radius 2 is 2.14 bits per heavy atom. The van der Waals surface area contributed by atoms with Gasteiger partial charge in [0, 0.05) is 0 Å². The molecule has 0 aliphatic rings. The fourth-order valence-corrected chi connectivity index (χ4v) is 1.17. The number of rotatable bonds is 3. The smallest absolute Gasteiger partial charge is 0.282 e. The number of nitrogens with zero attached hydrogens (tertiary/aromatic N) is 2. The average Bonchev–Trinajstić information content (AvgIpc) is 2.51. The van der Waals surface area contributed by atoms with E-state index in [1.54, 1.807) is 0 Å². The molecule has 0 fully saturated rings. The molecule has 0 aliphatic heterocycles. The van der Waals surface area contributed by atoms with Crippen LogP contribution in [0.5, 0.6) is 0 Å². The van der Waals surface area contributed by atoms with E-state index in [2.05, 4.69) is 15.5 Å². The summed E-state index contributed by atoms with van der Waals surface area (Å²) in [5.41, 5.74) is 10.2. The van der Waals surface area contributed by atoms with Crippen LogP contribution in [0.25, 0.3) is 0 Å². The van der Waals surface area contributed by atoms with Gasteiger partial charge in [-0.05, 0) is 6.92 Å². The summed E-state index contributed by atoms with van der Waals surface area (Å²) in [5, 5.41) is 9.62. The maximum absolute atomic E-state index is 11.3. The predicted octanol–water partition coefficient (Wildman–Crippen LogP) is -1.28. The third-order valence-corrected chi connectivity index (χ3v) is 2.16. The molecule has 1 atom stereocenters. The predicted molar refractivity (Wildman–Crippen MR) is 50.4 cm³/mol. The fraction of sp³-hybridized carbons (Fsp3) is 0.333. The summed E-state index contributed by atoms with van der Waals surface area (Å²) in [6.07, 6.45) is 0. The van der Waals surface area contributed by atoms with Crippen LogP contribution >= 0.6 is 11.3 Å². The van der Waals surface area contributed by atoms with Gasteiger partial charge < -0.3 is 16.8 Å². The van der Waals surface area contributed by atoms with E-state index in [1.807, 2.05) is 0 Å². The standard InChI is InChI=1S/C6H9N5O2S/c1-2(3(7)12)9-4(13)5-10-11-6(8)14-5/h2H,1H3,(H2,7,12)(H2,8,11)(H,9,13). The SMILES string of the molecule is CC(NC(=O)c1nnc(N)s1)C(N)=O. The number of aromatic nitrogens is 2. The van der Waals surface area contributed by atoms with Crippen LogP contribution in [0.4, 0.5) is 5.13 Å². The van der Waals surface area contributed by atoms with Gasteiger partial charge in [0.25, 0.3) is 5.91 Å². The van der Waals surface area contributed by atoms with Crippen LogP contribution in [0.15, 0.2) is 0 Å². The van der Waals surface area contributed by atoms with Gasteiger partial charge in [0.2, 0.25) is 16.0 Å². The first-order valence-electron chi connectivity index (χ1n) is 3.70. The second kappa shape index (κ2) is 4.01. The molecule has 0 saturated heterocycles. The van der Waals surface area contributed by atoms with Crippen molar-refractivity contribution in [2.24, 2.45) is 5.73 Å². The first kappa shape index (κ1) is 10.4. The molecule has 0 radical (unpaired) electrons. The van der Waals surface area contributed by atoms with Gasteiger partial charge in [0.05, 0.1) is 0 Å². The van der Waals surface area contributed by atoms with E-state index < -0.39 is 17.9 Å². The highest BCUT2D eigenvalue weighted by Crippen LogP contribution is 2.10. The molecule has 7 nitrogen and oxygen atoms in total. The number of nitrogens with two attached hydrogens (primary N) is 2. The molecular weight excluding hydrogens is 206 g/mol. The molecule has 76 valence electrons. The summed E-state index contributed by atoms with van der Waals surface area (Å²) in [6.45, 7) is 1.48. The molecule has 0 aliphatic carbocycles. The van der Waals surface area contributed by atoms with Gasteiger partial charge in [-0.3, -0.25) is 9.59 Å². The summed E-state index contributed by atoms with van der Waals surface area (Å²) in [7, 11) is 0. The van der Waals surface area contributed by atoms with Crippen molar-refractivity contribution in [2.45, 2.75) is 13.0 Å². The normalized spacial score (nSPS) is 12.1. The van der Waals surface area contributed by atoms with Crippen LogP contribution < -0.4 is 16.8 Å². The third kappa shape index (κ3) is 2.39. The van der Waals surface area contributed by atoms with Crippen LogP contribution in [-0.4, -0.2) is 28.1 Å². The summed E-state index contributed by atoms with van der Waals surface area (Å²) in [5.74, 6) is -1.12. The molecular formula is C6H9N5O2S. The minimum Gasteiger partial charge on any atom is -0.374 e. The first-order valence-corrected chi connectivity index (χ1v) is 4.51. The van der Waals surface area contributed by atoms with Gasteiger partial charge in [-0.15, -0.1) is 10.2 Å². The Hall–Kier alpha value is -1.70. The fourth-order valence-electron chi connectivity index (χ4n) is 0.656. The molecule has 5 N–H and O–H groups in total. The maximum atomic E-state index is 11.3. The van der Waals surface area contributed by atoms with Gasteiger partial charge in [0.1, 0.15) is 6.04 Å². The molecule has 0 bridgehead atoms. The van der Waals surface area contributed by atoms with Gasteiger partial charge in [-0.2, -0.15) is 0 Å². The minimum atomic E-state index is -0.743. The molecule has 0 saturated carbocycles. The largest absolute Gasteiger partial charge is 0.374 e. The highest BCUT2D eigenvalue weighted by Gasteiger charge is 2.16. The van der Waals surface area contributed by atoms with Crippen molar-refractivity contribution >= 4 is 28.3 Å². The molecule has 1 heterocycles. The van der Waals surface area contributed by atoms with E-state index >= 15 is 0 Å². The van der Waals surface area contributed by atoms with Crippen LogP contribution in [0, 0.1) is 0 Å². The number of nitrogen functional groups attached to an aromatic ring is 1. The minimum absolute atomic E-state index is 0.107. The molecule has 8 heteroatoms. The molecule has 1 rings (SSSR count). The lowest BCUT2D eigenvalue weighted by molar-refractivity contribution is -0.119. The lowest BCUT2D eigenvalue weighted by Crippen LogP contribution is -2.42. The van der Waals surface area contributed by atoms with Crippen molar-refractivity contribution < 1.29 is 9.59 Å². The van der Waals surface area contributed by atoms with E-state index in [0.717, 1.165) is 11.3 Å². The number of hydrogen-bond donors (Lipinski definition) is 3. The molecule has 0 aromatic carbocycles. The lowest BCUT2D eigenvalue weighted by atomic mass is 10.3. The molecule has 1 aromatic rings. The maximum Gasteiger partial charge on any atom is 0.282 e. The van der Waals surface area contributed by atoms with Gasteiger partial charge in [-0.1, -0.05) is 11.3 Å². The monoisotopic (exact) mass is 215 g/mol. The van der Waals surface area contributed by atoms with Crippen molar-refractivity contribution in [1.82, 2.24) is 15.5 Å². The number of carbonyl (C=O) groups is 2. The van der Waals surface area contributed by atoms with Crippen LogP contribution in [-0.2, 0) is 4.79 Å². The third-order valence-electron chi connectivity index (χ3n) is 1.41. The summed E-state index contributed by atoms with van der Waals surface area (Å²) >= 11 is 0.941. The zero-order valence-electron chi connectivity index (χ0n) is 7.35. The summed E-state index contributed by atoms with van der Waals surface area (Å²) < 4.78 is 0. The molecule has 2 amide bonds. The van der Waals surface area contributed by atoms with Gasteiger partial charge in [-0.25, -0.2) is 0 Å². The van der Waals surface area contributed by atoms with Crippen molar-refractivity contribution in [3.8, 4) is 0 Å². The number of carbonyl (C=O) groups excluding carboxylic acids is 2. The molecule has 14 heavy (non-hydrogen) atoms. The molecule has 0 spiro atoms. The molecule has 1 unspecified atom stereocenters. The average molecular weight is 215 g/mol. The molecule has 1 aromatic heterocycles. The zero-order chi connectivity index (χ0) is 10.7. The van der Waals surface area contributed by atoms with Crippen LogP contribution in [0.2, 0.25) is 0 Å². The van der Waals surface area contributed by atoms with Gasteiger partial charge in [0.15, 0.2) is 0 Å². The Balaban J connectivity index is 2.63. The number of nitrogens with one attached hydrogen (secondary N) is 1. The Kier molecular flexibility index (Phi) is 2.97. The Morgan fingerprint density at radius 3 is 2.57 bits per heavy atom. The summed E-state index contributed by atoms with van der Waals surface area (Å²) in [4.78, 5) is 21.9. The Labute approximate surface area is 83.5 Å². The number of hydrogen-bond acceptors (Lipinski definition) is 6.